The molecule has 3 saturated heterocycles. The molecular formula is C19H21FN2OS. The van der Waals surface area contributed by atoms with E-state index in [0.717, 1.165) is 10.1 Å². The monoisotopic (exact) mass is 344 g/mol. The van der Waals surface area contributed by atoms with Gasteiger partial charge in [0.05, 0.1) is 10.9 Å². The number of hydrogen-bond acceptors (Lipinski definition) is 3. The Morgan fingerprint density at radius 1 is 1.29 bits per heavy atom. The van der Waals surface area contributed by atoms with E-state index in [1.807, 2.05) is 12.1 Å². The van der Waals surface area contributed by atoms with E-state index < -0.39 is 0 Å². The Hall–Kier alpha value is -1.46. The maximum atomic E-state index is 13.7. The number of benzene rings is 1. The van der Waals surface area contributed by atoms with Gasteiger partial charge < -0.3 is 5.32 Å². The minimum Gasteiger partial charge on any atom is -0.346 e. The summed E-state index contributed by atoms with van der Waals surface area (Å²) in [6, 6.07) is 5.49. The summed E-state index contributed by atoms with van der Waals surface area (Å²) < 4.78 is 14.7. The summed E-state index contributed by atoms with van der Waals surface area (Å²) in [6.45, 7) is 4.15. The Kier molecular flexibility index (Phi) is 3.11. The summed E-state index contributed by atoms with van der Waals surface area (Å²) in [5.41, 5.74) is 0.876. The second kappa shape index (κ2) is 5.02. The van der Waals surface area contributed by atoms with Crippen LogP contribution in [0.4, 0.5) is 4.39 Å². The minimum absolute atomic E-state index is 0.0132. The fourth-order valence-electron chi connectivity index (χ4n) is 4.81. The Morgan fingerprint density at radius 3 is 2.75 bits per heavy atom. The number of carbonyl (C=O) groups excluding carboxylic acids is 1. The van der Waals surface area contributed by atoms with Gasteiger partial charge in [0.2, 0.25) is 0 Å². The van der Waals surface area contributed by atoms with Crippen LogP contribution in [0.5, 0.6) is 0 Å². The first-order valence-corrected chi connectivity index (χ1v) is 9.64. The highest BCUT2D eigenvalue weighted by molar-refractivity contribution is 7.20. The second-order valence-corrected chi connectivity index (χ2v) is 8.71. The lowest BCUT2D eigenvalue weighted by Gasteiger charge is -2.52. The summed E-state index contributed by atoms with van der Waals surface area (Å²) in [5.74, 6) is 0.427. The normalized spacial score (nSPS) is 30.0. The molecule has 0 unspecified atom stereocenters. The summed E-state index contributed by atoms with van der Waals surface area (Å²) in [4.78, 5) is 16.1. The number of halogens is 1. The fraction of sp³-hybridized carbons (Fsp3) is 0.526. The van der Waals surface area contributed by atoms with Gasteiger partial charge in [0.15, 0.2) is 0 Å². The van der Waals surface area contributed by atoms with Crippen molar-refractivity contribution in [2.45, 2.75) is 44.2 Å². The van der Waals surface area contributed by atoms with E-state index >= 15 is 0 Å². The quantitative estimate of drug-likeness (QED) is 0.901. The van der Waals surface area contributed by atoms with E-state index in [1.54, 1.807) is 6.92 Å². The van der Waals surface area contributed by atoms with Gasteiger partial charge in [-0.2, -0.15) is 0 Å². The van der Waals surface area contributed by atoms with Crippen LogP contribution in [0.2, 0.25) is 0 Å². The van der Waals surface area contributed by atoms with Crippen LogP contribution < -0.4 is 5.32 Å². The molecule has 3 nitrogen and oxygen atoms in total. The molecule has 1 aromatic carbocycles. The molecule has 5 heteroatoms. The van der Waals surface area contributed by atoms with Crippen LogP contribution in [0, 0.1) is 18.7 Å². The van der Waals surface area contributed by atoms with E-state index in [4.69, 9.17) is 0 Å². The van der Waals surface area contributed by atoms with E-state index in [-0.39, 0.29) is 23.3 Å². The third-order valence-electron chi connectivity index (χ3n) is 6.29. The molecule has 2 bridgehead atoms. The van der Waals surface area contributed by atoms with Crippen LogP contribution in [0.15, 0.2) is 18.2 Å². The zero-order valence-electron chi connectivity index (χ0n) is 13.8. The van der Waals surface area contributed by atoms with Gasteiger partial charge >= 0.3 is 0 Å². The van der Waals surface area contributed by atoms with Crippen molar-refractivity contribution < 1.29 is 9.18 Å². The molecule has 2 aromatic rings. The molecule has 3 aliphatic heterocycles. The molecule has 1 N–H and O–H groups in total. The summed E-state index contributed by atoms with van der Waals surface area (Å²) >= 11 is 1.47. The lowest BCUT2D eigenvalue weighted by molar-refractivity contribution is -0.00138. The maximum Gasteiger partial charge on any atom is 0.261 e. The number of nitrogens with one attached hydrogen (secondary N) is 1. The van der Waals surface area contributed by atoms with Gasteiger partial charge in [-0.3, -0.25) is 9.69 Å². The molecule has 1 aromatic heterocycles. The SMILES string of the molecule is Cc1cc2sc(C(=O)N[C@H]3C4CCN(CC4)C34CC4)cc2cc1F. The van der Waals surface area contributed by atoms with Crippen LogP contribution in [-0.2, 0) is 0 Å². The number of aryl methyl sites for hydroxylation is 1. The van der Waals surface area contributed by atoms with Gasteiger partial charge in [0, 0.05) is 10.2 Å². The standard InChI is InChI=1S/C19H21FN2OS/c1-11-8-15-13(9-14(11)20)10-16(24-15)18(23)21-17-12-2-6-22(7-3-12)19(17)4-5-19/h8-10,12,17H,2-7H2,1H3,(H,21,23)/t17-/m0/s1. The Morgan fingerprint density at radius 2 is 2.04 bits per heavy atom. The van der Waals surface area contributed by atoms with Crippen molar-refractivity contribution in [2.24, 2.45) is 5.92 Å². The van der Waals surface area contributed by atoms with Crippen LogP contribution in [-0.4, -0.2) is 35.5 Å². The molecule has 0 radical (unpaired) electrons. The molecule has 4 fully saturated rings. The van der Waals surface area contributed by atoms with Gasteiger partial charge in [-0.05, 0) is 80.8 Å². The van der Waals surface area contributed by atoms with E-state index in [0.29, 0.717) is 16.4 Å². The molecule has 6 rings (SSSR count). The van der Waals surface area contributed by atoms with Crippen molar-refractivity contribution >= 4 is 27.3 Å². The van der Waals surface area contributed by atoms with Gasteiger partial charge in [-0.1, -0.05) is 0 Å². The molecule has 1 aliphatic carbocycles. The molecule has 126 valence electrons. The lowest BCUT2D eigenvalue weighted by atomic mass is 9.77. The first-order chi connectivity index (χ1) is 11.6. The maximum absolute atomic E-state index is 13.7. The lowest BCUT2D eigenvalue weighted by Crippen LogP contribution is -2.65. The Labute approximate surface area is 144 Å². The zero-order valence-corrected chi connectivity index (χ0v) is 14.6. The van der Waals surface area contributed by atoms with E-state index in [9.17, 15) is 9.18 Å². The highest BCUT2D eigenvalue weighted by Crippen LogP contribution is 2.53. The summed E-state index contributed by atoms with van der Waals surface area (Å²) in [5, 5.41) is 4.17. The fourth-order valence-corrected chi connectivity index (χ4v) is 5.85. The molecular weight excluding hydrogens is 323 g/mol. The van der Waals surface area contributed by atoms with Crippen molar-refractivity contribution in [3.05, 3.63) is 34.5 Å². The van der Waals surface area contributed by atoms with Crippen LogP contribution in [0.25, 0.3) is 10.1 Å². The van der Waals surface area contributed by atoms with E-state index in [2.05, 4.69) is 10.2 Å². The molecule has 4 heterocycles. The van der Waals surface area contributed by atoms with Gasteiger partial charge in [-0.25, -0.2) is 4.39 Å². The van der Waals surface area contributed by atoms with Gasteiger partial charge in [0.25, 0.3) is 5.91 Å². The van der Waals surface area contributed by atoms with Gasteiger partial charge in [0.1, 0.15) is 5.82 Å². The number of rotatable bonds is 2. The van der Waals surface area contributed by atoms with Crippen molar-refractivity contribution in [2.75, 3.05) is 13.1 Å². The van der Waals surface area contributed by atoms with Crippen LogP contribution in [0.1, 0.15) is 40.9 Å². The molecule has 1 amide bonds. The van der Waals surface area contributed by atoms with Crippen molar-refractivity contribution in [3.8, 4) is 0 Å². The molecule has 1 spiro atoms. The number of carbonyl (C=O) groups is 1. The first-order valence-electron chi connectivity index (χ1n) is 8.82. The Balaban J connectivity index is 1.43. The van der Waals surface area contributed by atoms with Crippen molar-refractivity contribution in [1.29, 1.82) is 0 Å². The van der Waals surface area contributed by atoms with Crippen LogP contribution >= 0.6 is 11.3 Å². The predicted molar refractivity (Wildman–Crippen MR) is 94.0 cm³/mol. The number of amides is 1. The second-order valence-electron chi connectivity index (χ2n) is 7.63. The smallest absolute Gasteiger partial charge is 0.261 e. The minimum atomic E-state index is -0.207. The highest BCUT2D eigenvalue weighted by atomic mass is 32.1. The van der Waals surface area contributed by atoms with Crippen molar-refractivity contribution in [3.63, 3.8) is 0 Å². The number of piperidine rings is 3. The third kappa shape index (κ3) is 2.07. The van der Waals surface area contributed by atoms with Crippen LogP contribution in [0.3, 0.4) is 0 Å². The van der Waals surface area contributed by atoms with E-state index in [1.165, 1.54) is 56.2 Å². The molecule has 4 aliphatic rings. The molecule has 24 heavy (non-hydrogen) atoms. The zero-order chi connectivity index (χ0) is 16.5. The van der Waals surface area contributed by atoms with Gasteiger partial charge in [-0.15, -0.1) is 11.3 Å². The number of hydrogen-bond donors (Lipinski definition) is 1. The largest absolute Gasteiger partial charge is 0.346 e. The number of thiophene rings is 1. The number of nitrogens with zero attached hydrogens (tertiary/aromatic N) is 1. The number of fused-ring (bicyclic) bond motifs is 3. The third-order valence-corrected chi connectivity index (χ3v) is 7.39. The highest BCUT2D eigenvalue weighted by Gasteiger charge is 2.60. The van der Waals surface area contributed by atoms with Crippen molar-refractivity contribution in [1.82, 2.24) is 10.2 Å². The average Bonchev–Trinajstić information content (AvgIpc) is 3.25. The summed E-state index contributed by atoms with van der Waals surface area (Å²) in [7, 11) is 0. The summed E-state index contributed by atoms with van der Waals surface area (Å²) in [6.07, 6.45) is 4.82. The Bertz CT molecular complexity index is 794. The first kappa shape index (κ1) is 14.8. The molecule has 1 saturated carbocycles. The predicted octanol–water partition coefficient (Wildman–Crippen LogP) is 3.71. The molecule has 1 atom stereocenters. The topological polar surface area (TPSA) is 32.3 Å². The average molecular weight is 344 g/mol.